The largest absolute Gasteiger partial charge is 0.507 e. The molecule has 3 rings (SSSR count). The number of benzene rings is 2. The number of fused-ring (bicyclic) bond motifs is 2. The van der Waals surface area contributed by atoms with Gasteiger partial charge in [0.1, 0.15) is 23.8 Å². The molecule has 6 heteroatoms. The number of quaternary nitrogens is 1. The number of carbonyl (C=O) groups excluding carboxylic acids is 2. The zero-order valence-corrected chi connectivity index (χ0v) is 25.4. The maximum Gasteiger partial charge on any atom is 0.201 e. The average Bonchev–Trinajstić information content (AvgIpc) is 2.94. The van der Waals surface area contributed by atoms with Gasteiger partial charge in [0, 0.05) is 22.8 Å². The average molecular weight is 553 g/mol. The van der Waals surface area contributed by atoms with Crippen molar-refractivity contribution in [2.24, 2.45) is 0 Å². The number of unbranched alkanes of at least 4 members (excludes halogenated alkanes) is 10. The van der Waals surface area contributed by atoms with E-state index in [9.17, 15) is 14.7 Å². The third-order valence-corrected chi connectivity index (χ3v) is 8.32. The van der Waals surface area contributed by atoms with Gasteiger partial charge in [-0.2, -0.15) is 0 Å². The fourth-order valence-electron chi connectivity index (χ4n) is 6.00. The van der Waals surface area contributed by atoms with E-state index < -0.39 is 5.78 Å². The van der Waals surface area contributed by atoms with E-state index in [2.05, 4.69) is 20.9 Å². The number of aromatic hydroxyl groups is 1. The third kappa shape index (κ3) is 7.87. The minimum absolute atomic E-state index is 0.0609. The van der Waals surface area contributed by atoms with Crippen LogP contribution in [0.25, 0.3) is 0 Å². The summed E-state index contributed by atoms with van der Waals surface area (Å²) >= 11 is 0. The minimum Gasteiger partial charge on any atom is -0.507 e. The van der Waals surface area contributed by atoms with Gasteiger partial charge in [-0.3, -0.25) is 9.59 Å². The van der Waals surface area contributed by atoms with Crippen molar-refractivity contribution in [2.45, 2.75) is 97.4 Å². The number of phenols is 1. The molecule has 0 amide bonds. The second-order valence-electron chi connectivity index (χ2n) is 11.7. The predicted octanol–water partition coefficient (Wildman–Crippen LogP) is 7.85. The second kappa shape index (κ2) is 15.2. The number of ether oxygens (including phenoxy) is 2. The van der Waals surface area contributed by atoms with Gasteiger partial charge in [0.05, 0.1) is 45.5 Å². The molecule has 0 atom stereocenters. The Bertz CT molecular complexity index is 1140. The first-order chi connectivity index (χ1) is 19.3. The van der Waals surface area contributed by atoms with Crippen LogP contribution < -0.4 is 9.47 Å². The summed E-state index contributed by atoms with van der Waals surface area (Å²) in [5, 5.41) is 11.1. The van der Waals surface area contributed by atoms with Gasteiger partial charge in [-0.1, -0.05) is 65.2 Å². The maximum absolute atomic E-state index is 13.7. The van der Waals surface area contributed by atoms with Crippen LogP contribution in [0.1, 0.15) is 128 Å². The number of methoxy groups -OCH3 is 2. The quantitative estimate of drug-likeness (QED) is 0.128. The minimum atomic E-state index is -0.399. The smallest absolute Gasteiger partial charge is 0.201 e. The first-order valence-electron chi connectivity index (χ1n) is 15.3. The van der Waals surface area contributed by atoms with Gasteiger partial charge in [0.15, 0.2) is 5.78 Å². The van der Waals surface area contributed by atoms with Gasteiger partial charge >= 0.3 is 0 Å². The van der Waals surface area contributed by atoms with Gasteiger partial charge in [-0.25, -0.2) is 0 Å². The lowest BCUT2D eigenvalue weighted by molar-refractivity contribution is -0.923. The third-order valence-electron chi connectivity index (χ3n) is 8.32. The number of rotatable bonds is 18. The van der Waals surface area contributed by atoms with E-state index in [-0.39, 0.29) is 39.5 Å². The summed E-state index contributed by atoms with van der Waals surface area (Å²) in [6, 6.07) is 6.68. The normalized spacial score (nSPS) is 12.8. The Labute approximate surface area is 241 Å². The summed E-state index contributed by atoms with van der Waals surface area (Å²) in [5.41, 5.74) is 1.63. The molecule has 1 aliphatic rings. The molecule has 0 unspecified atom stereocenters. The van der Waals surface area contributed by atoms with Crippen LogP contribution in [0.2, 0.25) is 0 Å². The lowest BCUT2D eigenvalue weighted by Gasteiger charge is -2.35. The van der Waals surface area contributed by atoms with Crippen molar-refractivity contribution in [3.8, 4) is 17.2 Å². The zero-order valence-electron chi connectivity index (χ0n) is 25.4. The molecule has 0 saturated heterocycles. The van der Waals surface area contributed by atoms with Gasteiger partial charge in [0.25, 0.3) is 0 Å². The highest BCUT2D eigenvalue weighted by Gasteiger charge is 2.36. The van der Waals surface area contributed by atoms with Crippen LogP contribution in [0.5, 0.6) is 17.2 Å². The van der Waals surface area contributed by atoms with Crippen LogP contribution in [0, 0.1) is 0 Å². The van der Waals surface area contributed by atoms with Crippen LogP contribution >= 0.6 is 0 Å². The van der Waals surface area contributed by atoms with Gasteiger partial charge in [-0.05, 0) is 43.9 Å². The molecule has 0 aromatic heterocycles. The fourth-order valence-corrected chi connectivity index (χ4v) is 6.00. The highest BCUT2D eigenvalue weighted by Crippen LogP contribution is 2.40. The summed E-state index contributed by atoms with van der Waals surface area (Å²) < 4.78 is 11.6. The number of phenolic OH excluding ortho intramolecular Hbond substituents is 1. The van der Waals surface area contributed by atoms with E-state index in [1.807, 2.05) is 6.07 Å². The highest BCUT2D eigenvalue weighted by molar-refractivity contribution is 6.30. The standard InChI is InChI=1S/C34H49NO5/c1-6-8-10-12-14-16-18-35(3,19-17-15-13-11-9-7-2)24-25-20-27-31(29(36)21-25)34(38)32-28(33(27)37)22-26(39-4)23-30(32)40-5/h20-23H,6-19,24H2,1-5H3/p+1. The van der Waals surface area contributed by atoms with E-state index in [1.54, 1.807) is 18.2 Å². The lowest BCUT2D eigenvalue weighted by Crippen LogP contribution is -2.44. The van der Waals surface area contributed by atoms with Gasteiger partial charge < -0.3 is 19.1 Å². The van der Waals surface area contributed by atoms with Crippen molar-refractivity contribution in [1.29, 1.82) is 0 Å². The number of ketones is 2. The van der Waals surface area contributed by atoms with Gasteiger partial charge in [0.2, 0.25) is 5.78 Å². The SMILES string of the molecule is CCCCCCCC[N+](C)(CCCCCCCC)Cc1cc(O)c2c(c1)C(=O)c1cc(OC)cc(OC)c1C2=O. The van der Waals surface area contributed by atoms with Crippen molar-refractivity contribution in [1.82, 2.24) is 0 Å². The Morgan fingerprint density at radius 2 is 1.23 bits per heavy atom. The summed E-state index contributed by atoms with van der Waals surface area (Å²) in [7, 11) is 5.27. The topological polar surface area (TPSA) is 72.8 Å². The molecule has 0 spiro atoms. The molecule has 1 aliphatic carbocycles. The zero-order chi connectivity index (χ0) is 29.1. The molecule has 0 saturated carbocycles. The van der Waals surface area contributed by atoms with Crippen molar-refractivity contribution in [2.75, 3.05) is 34.4 Å². The molecule has 220 valence electrons. The van der Waals surface area contributed by atoms with E-state index >= 15 is 0 Å². The van der Waals surface area contributed by atoms with Crippen molar-refractivity contribution in [3.63, 3.8) is 0 Å². The molecule has 6 nitrogen and oxygen atoms in total. The molecule has 1 N–H and O–H groups in total. The van der Waals surface area contributed by atoms with E-state index in [0.29, 0.717) is 12.3 Å². The van der Waals surface area contributed by atoms with Crippen LogP contribution in [-0.4, -0.2) is 55.5 Å². The number of hydrogen-bond donors (Lipinski definition) is 1. The van der Waals surface area contributed by atoms with Crippen molar-refractivity contribution in [3.05, 3.63) is 52.1 Å². The predicted molar refractivity (Wildman–Crippen MR) is 161 cm³/mol. The van der Waals surface area contributed by atoms with Gasteiger partial charge in [-0.15, -0.1) is 0 Å². The van der Waals surface area contributed by atoms with Crippen LogP contribution in [0.15, 0.2) is 24.3 Å². The number of hydrogen-bond acceptors (Lipinski definition) is 5. The van der Waals surface area contributed by atoms with E-state index in [4.69, 9.17) is 9.47 Å². The summed E-state index contributed by atoms with van der Waals surface area (Å²) in [5.74, 6) is -0.115. The fraction of sp³-hybridized carbons (Fsp3) is 0.588. The highest BCUT2D eigenvalue weighted by atomic mass is 16.5. The molecule has 0 bridgehead atoms. The Kier molecular flexibility index (Phi) is 12.1. The molecule has 0 aliphatic heterocycles. The number of nitrogens with zero attached hydrogens (tertiary/aromatic N) is 1. The molecule has 2 aromatic carbocycles. The molecular formula is C34H50NO5+. The first-order valence-corrected chi connectivity index (χ1v) is 15.3. The molecule has 0 fully saturated rings. The molecule has 40 heavy (non-hydrogen) atoms. The van der Waals surface area contributed by atoms with Crippen LogP contribution in [-0.2, 0) is 6.54 Å². The Balaban J connectivity index is 1.84. The Hall–Kier alpha value is -2.86. The van der Waals surface area contributed by atoms with E-state index in [0.717, 1.165) is 36.0 Å². The molecule has 0 radical (unpaired) electrons. The Morgan fingerprint density at radius 3 is 1.77 bits per heavy atom. The molecular weight excluding hydrogens is 502 g/mol. The molecule has 2 aromatic rings. The first kappa shape index (κ1) is 31.7. The van der Waals surface area contributed by atoms with Crippen LogP contribution in [0.3, 0.4) is 0 Å². The van der Waals surface area contributed by atoms with Crippen LogP contribution in [0.4, 0.5) is 0 Å². The monoisotopic (exact) mass is 552 g/mol. The maximum atomic E-state index is 13.7. The summed E-state index contributed by atoms with van der Waals surface area (Å²) in [4.78, 5) is 27.2. The molecule has 0 heterocycles. The van der Waals surface area contributed by atoms with Crippen molar-refractivity contribution < 1.29 is 28.7 Å². The summed E-state index contributed by atoms with van der Waals surface area (Å²) in [6.45, 7) is 7.31. The Morgan fingerprint density at radius 1 is 0.675 bits per heavy atom. The second-order valence-corrected chi connectivity index (χ2v) is 11.7. The lowest BCUT2D eigenvalue weighted by atomic mass is 9.82. The number of carbonyl (C=O) groups is 2. The van der Waals surface area contributed by atoms with E-state index in [1.165, 1.54) is 78.4 Å². The van der Waals surface area contributed by atoms with Crippen molar-refractivity contribution >= 4 is 11.6 Å². The summed E-state index contributed by atoms with van der Waals surface area (Å²) in [6.07, 6.45) is 15.0.